The third kappa shape index (κ3) is 11.9. The molecule has 2 N–H and O–H groups in total. The standard InChI is InChI=1S/C20H32N2O5/c1-5-25-15-17(12-9-13-21-18(23)27-20(2,3)4)22-19(24)26-14-16-10-7-6-8-11-16/h6-8,10-11,17H,5,9,12-15H2,1-4H3,(H,21,23)(H,22,24). The molecule has 1 aromatic rings. The number of hydrogen-bond donors (Lipinski definition) is 2. The van der Waals surface area contributed by atoms with E-state index in [0.29, 0.717) is 32.6 Å². The highest BCUT2D eigenvalue weighted by molar-refractivity contribution is 5.68. The molecule has 1 unspecified atom stereocenters. The molecule has 1 atom stereocenters. The van der Waals surface area contributed by atoms with Crippen molar-refractivity contribution < 1.29 is 23.8 Å². The lowest BCUT2D eigenvalue weighted by Crippen LogP contribution is -2.39. The van der Waals surface area contributed by atoms with Crippen LogP contribution in [0.2, 0.25) is 0 Å². The van der Waals surface area contributed by atoms with Gasteiger partial charge < -0.3 is 24.8 Å². The molecule has 0 heterocycles. The average Bonchev–Trinajstić information content (AvgIpc) is 2.60. The fourth-order valence-electron chi connectivity index (χ4n) is 2.24. The molecule has 2 amide bonds. The van der Waals surface area contributed by atoms with Gasteiger partial charge in [0.25, 0.3) is 0 Å². The normalized spacial score (nSPS) is 12.1. The maximum atomic E-state index is 12.0. The molecule has 0 aliphatic heterocycles. The van der Waals surface area contributed by atoms with Crippen LogP contribution in [0, 0.1) is 0 Å². The minimum Gasteiger partial charge on any atom is -0.445 e. The molecule has 27 heavy (non-hydrogen) atoms. The summed E-state index contributed by atoms with van der Waals surface area (Å²) in [6, 6.07) is 9.31. The highest BCUT2D eigenvalue weighted by Gasteiger charge is 2.16. The van der Waals surface area contributed by atoms with Crippen LogP contribution in [-0.4, -0.2) is 43.6 Å². The van der Waals surface area contributed by atoms with Crippen LogP contribution in [-0.2, 0) is 20.8 Å². The van der Waals surface area contributed by atoms with E-state index in [0.717, 1.165) is 5.56 Å². The van der Waals surface area contributed by atoms with Crippen LogP contribution in [0.25, 0.3) is 0 Å². The predicted octanol–water partition coefficient (Wildman–Crippen LogP) is 3.62. The van der Waals surface area contributed by atoms with Gasteiger partial charge in [-0.1, -0.05) is 30.3 Å². The summed E-state index contributed by atoms with van der Waals surface area (Å²) in [6.07, 6.45) is 0.398. The molecular weight excluding hydrogens is 348 g/mol. The number of amides is 2. The number of benzene rings is 1. The summed E-state index contributed by atoms with van der Waals surface area (Å²) in [6.45, 7) is 8.97. The Morgan fingerprint density at radius 3 is 2.44 bits per heavy atom. The summed E-state index contributed by atoms with van der Waals surface area (Å²) >= 11 is 0. The molecule has 7 heteroatoms. The molecule has 152 valence electrons. The maximum absolute atomic E-state index is 12.0. The van der Waals surface area contributed by atoms with Gasteiger partial charge in [0.05, 0.1) is 12.6 Å². The van der Waals surface area contributed by atoms with E-state index >= 15 is 0 Å². The second-order valence-corrected chi connectivity index (χ2v) is 7.13. The molecular formula is C20H32N2O5. The predicted molar refractivity (Wildman–Crippen MR) is 104 cm³/mol. The molecule has 0 saturated heterocycles. The van der Waals surface area contributed by atoms with Gasteiger partial charge in [-0.2, -0.15) is 0 Å². The molecule has 1 rings (SSSR count). The van der Waals surface area contributed by atoms with E-state index < -0.39 is 17.8 Å². The van der Waals surface area contributed by atoms with Crippen molar-refractivity contribution in [2.24, 2.45) is 0 Å². The molecule has 7 nitrogen and oxygen atoms in total. The number of carbonyl (C=O) groups excluding carboxylic acids is 2. The molecule has 1 aromatic carbocycles. The second kappa shape index (κ2) is 12.2. The quantitative estimate of drug-likeness (QED) is 0.606. The largest absolute Gasteiger partial charge is 0.445 e. The lowest BCUT2D eigenvalue weighted by atomic mass is 10.1. The Balaban J connectivity index is 2.32. The van der Waals surface area contributed by atoms with Crippen molar-refractivity contribution in [2.75, 3.05) is 19.8 Å². The molecule has 0 aliphatic rings. The van der Waals surface area contributed by atoms with Gasteiger partial charge in [-0.15, -0.1) is 0 Å². The van der Waals surface area contributed by atoms with Gasteiger partial charge in [0.2, 0.25) is 0 Å². The summed E-state index contributed by atoms with van der Waals surface area (Å²) in [4.78, 5) is 23.6. The minimum atomic E-state index is -0.522. The second-order valence-electron chi connectivity index (χ2n) is 7.13. The Hall–Kier alpha value is -2.28. The van der Waals surface area contributed by atoms with Gasteiger partial charge in [-0.3, -0.25) is 0 Å². The Morgan fingerprint density at radius 2 is 1.81 bits per heavy atom. The number of hydrogen-bond acceptors (Lipinski definition) is 5. The first-order valence-corrected chi connectivity index (χ1v) is 9.32. The van der Waals surface area contributed by atoms with E-state index in [1.165, 1.54) is 0 Å². The summed E-state index contributed by atoms with van der Waals surface area (Å²) in [5.41, 5.74) is 0.404. The first kappa shape index (κ1) is 22.8. The van der Waals surface area contributed by atoms with Gasteiger partial charge in [-0.05, 0) is 46.1 Å². The monoisotopic (exact) mass is 380 g/mol. The van der Waals surface area contributed by atoms with Crippen molar-refractivity contribution in [3.8, 4) is 0 Å². The van der Waals surface area contributed by atoms with Crippen molar-refractivity contribution >= 4 is 12.2 Å². The van der Waals surface area contributed by atoms with Crippen LogP contribution in [0.3, 0.4) is 0 Å². The highest BCUT2D eigenvalue weighted by atomic mass is 16.6. The third-order valence-corrected chi connectivity index (χ3v) is 3.46. The molecule has 0 spiro atoms. The topological polar surface area (TPSA) is 85.9 Å². The van der Waals surface area contributed by atoms with Crippen LogP contribution in [0.4, 0.5) is 9.59 Å². The van der Waals surface area contributed by atoms with Crippen LogP contribution in [0.15, 0.2) is 30.3 Å². The van der Waals surface area contributed by atoms with Crippen LogP contribution < -0.4 is 10.6 Å². The summed E-state index contributed by atoms with van der Waals surface area (Å²) in [5.74, 6) is 0. The summed E-state index contributed by atoms with van der Waals surface area (Å²) in [5, 5.41) is 5.52. The SMILES string of the molecule is CCOCC(CCCNC(=O)OC(C)(C)C)NC(=O)OCc1ccccc1. The van der Waals surface area contributed by atoms with Crippen molar-refractivity contribution in [3.05, 3.63) is 35.9 Å². The fourth-order valence-corrected chi connectivity index (χ4v) is 2.24. The first-order chi connectivity index (χ1) is 12.8. The molecule has 0 bridgehead atoms. The van der Waals surface area contributed by atoms with Gasteiger partial charge in [0, 0.05) is 13.2 Å². The highest BCUT2D eigenvalue weighted by Crippen LogP contribution is 2.07. The smallest absolute Gasteiger partial charge is 0.407 e. The molecule has 0 aromatic heterocycles. The lowest BCUT2D eigenvalue weighted by Gasteiger charge is -2.20. The van der Waals surface area contributed by atoms with Crippen molar-refractivity contribution in [1.82, 2.24) is 10.6 Å². The average molecular weight is 380 g/mol. The van der Waals surface area contributed by atoms with E-state index in [1.54, 1.807) is 0 Å². The van der Waals surface area contributed by atoms with Crippen molar-refractivity contribution in [3.63, 3.8) is 0 Å². The zero-order chi connectivity index (χ0) is 20.1. The van der Waals surface area contributed by atoms with Gasteiger partial charge in [0.1, 0.15) is 12.2 Å². The van der Waals surface area contributed by atoms with Gasteiger partial charge in [0.15, 0.2) is 0 Å². The number of alkyl carbamates (subject to hydrolysis) is 2. The van der Waals surface area contributed by atoms with E-state index in [2.05, 4.69) is 10.6 Å². The zero-order valence-electron chi connectivity index (χ0n) is 16.7. The Bertz CT molecular complexity index is 557. The number of rotatable bonds is 10. The number of carbonyl (C=O) groups is 2. The van der Waals surface area contributed by atoms with Crippen LogP contribution in [0.1, 0.15) is 46.1 Å². The zero-order valence-corrected chi connectivity index (χ0v) is 16.7. The van der Waals surface area contributed by atoms with E-state index in [9.17, 15) is 9.59 Å². The Morgan fingerprint density at radius 1 is 1.11 bits per heavy atom. The van der Waals surface area contributed by atoms with Crippen molar-refractivity contribution in [2.45, 2.75) is 58.8 Å². The molecule has 0 fully saturated rings. The van der Waals surface area contributed by atoms with Crippen LogP contribution >= 0.6 is 0 Å². The minimum absolute atomic E-state index is 0.186. The first-order valence-electron chi connectivity index (χ1n) is 9.32. The molecule has 0 saturated carbocycles. The number of nitrogens with one attached hydrogen (secondary N) is 2. The Labute approximate surface area is 161 Å². The van der Waals surface area contributed by atoms with E-state index in [1.807, 2.05) is 58.0 Å². The van der Waals surface area contributed by atoms with Crippen LogP contribution in [0.5, 0.6) is 0 Å². The van der Waals surface area contributed by atoms with Gasteiger partial charge >= 0.3 is 12.2 Å². The van der Waals surface area contributed by atoms with Gasteiger partial charge in [-0.25, -0.2) is 9.59 Å². The Kier molecular flexibility index (Phi) is 10.3. The van der Waals surface area contributed by atoms with E-state index in [-0.39, 0.29) is 12.6 Å². The summed E-state index contributed by atoms with van der Waals surface area (Å²) < 4.78 is 15.8. The summed E-state index contributed by atoms with van der Waals surface area (Å²) in [7, 11) is 0. The lowest BCUT2D eigenvalue weighted by molar-refractivity contribution is 0.0525. The number of ether oxygens (including phenoxy) is 3. The fraction of sp³-hybridized carbons (Fsp3) is 0.600. The molecule has 0 radical (unpaired) electrons. The van der Waals surface area contributed by atoms with E-state index in [4.69, 9.17) is 14.2 Å². The third-order valence-electron chi connectivity index (χ3n) is 3.46. The van der Waals surface area contributed by atoms with Crippen molar-refractivity contribution in [1.29, 1.82) is 0 Å². The molecule has 0 aliphatic carbocycles. The maximum Gasteiger partial charge on any atom is 0.407 e.